The summed E-state index contributed by atoms with van der Waals surface area (Å²) in [5, 5.41) is 0. The van der Waals surface area contributed by atoms with E-state index in [0.717, 1.165) is 32.1 Å². The molecule has 2 saturated heterocycles. The molecule has 2 atom stereocenters. The topological polar surface area (TPSA) is 94.6 Å². The highest BCUT2D eigenvalue weighted by molar-refractivity contribution is 5.81. The number of piperidine rings is 2. The minimum Gasteiger partial charge on any atom is -0.500 e. The quantitative estimate of drug-likeness (QED) is 0.320. The number of nitrogens with zero attached hydrogens (tertiary/aromatic N) is 2. The molecule has 9 nitrogen and oxygen atoms in total. The maximum absolute atomic E-state index is 12.1. The number of hydrogen-bond acceptors (Lipinski definition) is 7. The first-order chi connectivity index (χ1) is 15.7. The molecule has 0 aliphatic carbocycles. The third-order valence-electron chi connectivity index (χ3n) is 5.37. The second kappa shape index (κ2) is 12.9. The van der Waals surface area contributed by atoms with Crippen molar-refractivity contribution in [3.05, 3.63) is 12.3 Å². The van der Waals surface area contributed by atoms with Gasteiger partial charge >= 0.3 is 18.2 Å². The number of esters is 1. The molecule has 0 aromatic carbocycles. The van der Waals surface area contributed by atoms with Crippen molar-refractivity contribution in [1.29, 1.82) is 0 Å². The summed E-state index contributed by atoms with van der Waals surface area (Å²) >= 11 is 0. The van der Waals surface area contributed by atoms with Gasteiger partial charge < -0.3 is 18.9 Å². The Balaban J connectivity index is 0.000000340. The van der Waals surface area contributed by atoms with Crippen LogP contribution in [-0.4, -0.2) is 78.6 Å². The lowest BCUT2D eigenvalue weighted by Gasteiger charge is -2.36. The van der Waals surface area contributed by atoms with Crippen LogP contribution in [0.2, 0.25) is 0 Å². The zero-order valence-electron chi connectivity index (χ0n) is 22.3. The van der Waals surface area contributed by atoms with E-state index in [1.807, 2.05) is 41.5 Å². The fourth-order valence-corrected chi connectivity index (χ4v) is 3.79. The Labute approximate surface area is 204 Å². The number of hydrogen-bond donors (Lipinski definition) is 0. The van der Waals surface area contributed by atoms with E-state index < -0.39 is 23.3 Å². The van der Waals surface area contributed by atoms with Gasteiger partial charge in [0.1, 0.15) is 23.0 Å². The molecule has 0 saturated carbocycles. The molecule has 2 rings (SSSR count). The summed E-state index contributed by atoms with van der Waals surface area (Å²) in [5.41, 5.74) is -1.01. The second-order valence-corrected chi connectivity index (χ2v) is 10.6. The lowest BCUT2D eigenvalue weighted by molar-refractivity contribution is -0.148. The van der Waals surface area contributed by atoms with E-state index in [1.165, 1.54) is 12.0 Å². The van der Waals surface area contributed by atoms with Crippen molar-refractivity contribution < 1.29 is 33.3 Å². The highest BCUT2D eigenvalue weighted by Gasteiger charge is 2.35. The maximum Gasteiger partial charge on any atom is 0.411 e. The minimum atomic E-state index is -0.546. The smallest absolute Gasteiger partial charge is 0.411 e. The highest BCUT2D eigenvalue weighted by atomic mass is 16.6. The number of amides is 2. The molecule has 2 heterocycles. The molecule has 0 N–H and O–H groups in total. The Morgan fingerprint density at radius 1 is 0.706 bits per heavy atom. The Kier molecular flexibility index (Phi) is 11.2. The van der Waals surface area contributed by atoms with Gasteiger partial charge in [0.2, 0.25) is 0 Å². The molecule has 2 amide bonds. The predicted molar refractivity (Wildman–Crippen MR) is 129 cm³/mol. The zero-order valence-corrected chi connectivity index (χ0v) is 22.3. The number of methoxy groups -OCH3 is 2. The van der Waals surface area contributed by atoms with Gasteiger partial charge in [0.05, 0.1) is 20.3 Å². The molecule has 2 aliphatic heterocycles. The van der Waals surface area contributed by atoms with Gasteiger partial charge in [-0.15, -0.1) is 0 Å². The molecule has 9 heteroatoms. The van der Waals surface area contributed by atoms with Crippen molar-refractivity contribution in [1.82, 2.24) is 9.80 Å². The molecule has 0 aromatic rings. The number of likely N-dealkylation sites (tertiary alicyclic amines) is 2. The van der Waals surface area contributed by atoms with Crippen LogP contribution in [0.5, 0.6) is 0 Å². The van der Waals surface area contributed by atoms with Crippen LogP contribution in [-0.2, 0) is 23.7 Å². The maximum atomic E-state index is 12.1. The number of rotatable bonds is 3. The summed E-state index contributed by atoms with van der Waals surface area (Å²) in [6.07, 6.45) is 4.75. The Hall–Kier alpha value is -2.45. The summed E-state index contributed by atoms with van der Waals surface area (Å²) in [7, 11) is 2.93. The standard InChI is InChI=1S/C13H23NO3.C12H21NO4/c1-10(16-5)11-8-6-7-9-14(11)12(15)17-13(2,3)4;1-12(2,3)17-11(15)13-8-6-5-7-9(13)10(14)16-4/h11H,1,6-9H2,2-5H3;9H,5-8H2,1-4H3/t11-;9-/m00/s1. The van der Waals surface area contributed by atoms with Crippen molar-refractivity contribution in [2.24, 2.45) is 0 Å². The van der Waals surface area contributed by atoms with Gasteiger partial charge in [-0.3, -0.25) is 9.80 Å². The molecule has 0 spiro atoms. The molecular weight excluding hydrogens is 440 g/mol. The fourth-order valence-electron chi connectivity index (χ4n) is 3.79. The van der Waals surface area contributed by atoms with Crippen molar-refractivity contribution >= 4 is 18.2 Å². The van der Waals surface area contributed by atoms with Crippen molar-refractivity contribution in [3.8, 4) is 0 Å². The van der Waals surface area contributed by atoms with Crippen LogP contribution in [0.25, 0.3) is 0 Å². The SMILES string of the molecule is C=C(OC)[C@@H]1CCCCN1C(=O)OC(C)(C)C.COC(=O)[C@@H]1CCCCN1C(=O)OC(C)(C)C. The first-order valence-corrected chi connectivity index (χ1v) is 12.0. The Morgan fingerprint density at radius 3 is 1.50 bits per heavy atom. The summed E-state index contributed by atoms with van der Waals surface area (Å²) in [6, 6.07) is -0.549. The average Bonchev–Trinajstić information content (AvgIpc) is 2.76. The van der Waals surface area contributed by atoms with Crippen LogP contribution in [0.1, 0.15) is 80.1 Å². The third kappa shape index (κ3) is 9.81. The van der Waals surface area contributed by atoms with Crippen LogP contribution < -0.4 is 0 Å². The van der Waals surface area contributed by atoms with Gasteiger partial charge in [0.25, 0.3) is 0 Å². The predicted octanol–water partition coefficient (Wildman–Crippen LogP) is 4.89. The van der Waals surface area contributed by atoms with Gasteiger partial charge in [0, 0.05) is 13.1 Å². The molecule has 196 valence electrons. The average molecular weight is 485 g/mol. The summed E-state index contributed by atoms with van der Waals surface area (Å²) in [5.74, 6) is 0.270. The summed E-state index contributed by atoms with van der Waals surface area (Å²) in [6.45, 7) is 16.1. The van der Waals surface area contributed by atoms with E-state index in [2.05, 4.69) is 6.58 Å². The van der Waals surface area contributed by atoms with Crippen LogP contribution >= 0.6 is 0 Å². The van der Waals surface area contributed by atoms with Crippen molar-refractivity contribution in [3.63, 3.8) is 0 Å². The van der Waals surface area contributed by atoms with E-state index in [0.29, 0.717) is 25.3 Å². The molecule has 0 bridgehead atoms. The van der Waals surface area contributed by atoms with E-state index in [1.54, 1.807) is 12.0 Å². The molecular formula is C25H44N2O7. The summed E-state index contributed by atoms with van der Waals surface area (Å²) < 4.78 is 20.5. The number of ether oxygens (including phenoxy) is 4. The van der Waals surface area contributed by atoms with E-state index in [-0.39, 0.29) is 18.1 Å². The normalized spacial score (nSPS) is 20.9. The number of carbonyl (C=O) groups is 3. The Morgan fingerprint density at radius 2 is 1.12 bits per heavy atom. The molecule has 0 unspecified atom stereocenters. The molecule has 2 fully saturated rings. The van der Waals surface area contributed by atoms with Crippen LogP contribution in [0.3, 0.4) is 0 Å². The zero-order chi connectivity index (χ0) is 26.1. The van der Waals surface area contributed by atoms with Gasteiger partial charge in [-0.05, 0) is 80.1 Å². The molecule has 0 aromatic heterocycles. The monoisotopic (exact) mass is 484 g/mol. The minimum absolute atomic E-state index is 0.0522. The Bertz CT molecular complexity index is 649. The second-order valence-electron chi connectivity index (χ2n) is 10.6. The van der Waals surface area contributed by atoms with Crippen LogP contribution in [0, 0.1) is 0 Å². The molecule has 2 aliphatic rings. The third-order valence-corrected chi connectivity index (χ3v) is 5.37. The lowest BCUT2D eigenvalue weighted by Crippen LogP contribution is -2.50. The molecule has 34 heavy (non-hydrogen) atoms. The fraction of sp³-hybridized carbons (Fsp3) is 0.800. The first-order valence-electron chi connectivity index (χ1n) is 12.0. The first kappa shape index (κ1) is 29.6. The van der Waals surface area contributed by atoms with Crippen molar-refractivity contribution in [2.75, 3.05) is 27.3 Å². The van der Waals surface area contributed by atoms with E-state index >= 15 is 0 Å². The van der Waals surface area contributed by atoms with Gasteiger partial charge in [-0.1, -0.05) is 6.58 Å². The summed E-state index contributed by atoms with van der Waals surface area (Å²) in [4.78, 5) is 38.8. The van der Waals surface area contributed by atoms with Gasteiger partial charge in [-0.25, -0.2) is 14.4 Å². The van der Waals surface area contributed by atoms with Crippen molar-refractivity contribution in [2.45, 2.75) is 103 Å². The van der Waals surface area contributed by atoms with Gasteiger partial charge in [-0.2, -0.15) is 0 Å². The van der Waals surface area contributed by atoms with Crippen LogP contribution in [0.15, 0.2) is 12.3 Å². The largest absolute Gasteiger partial charge is 0.500 e. The van der Waals surface area contributed by atoms with Gasteiger partial charge in [0.15, 0.2) is 0 Å². The van der Waals surface area contributed by atoms with E-state index in [9.17, 15) is 14.4 Å². The lowest BCUT2D eigenvalue weighted by atomic mass is 10.0. The van der Waals surface area contributed by atoms with E-state index in [4.69, 9.17) is 18.9 Å². The number of carbonyl (C=O) groups excluding carboxylic acids is 3. The highest BCUT2D eigenvalue weighted by Crippen LogP contribution is 2.25. The van der Waals surface area contributed by atoms with Crippen LogP contribution in [0.4, 0.5) is 9.59 Å². The molecule has 0 radical (unpaired) electrons.